The molecule has 2 heterocycles. The number of anilines is 2. The van der Waals surface area contributed by atoms with E-state index in [1.807, 2.05) is 0 Å². The molecule has 9 nitrogen and oxygen atoms in total. The van der Waals surface area contributed by atoms with Crippen LogP contribution in [0.25, 0.3) is 0 Å². The van der Waals surface area contributed by atoms with Gasteiger partial charge in [0.1, 0.15) is 16.6 Å². The first-order chi connectivity index (χ1) is 14.8. The van der Waals surface area contributed by atoms with Gasteiger partial charge in [-0.15, -0.1) is 22.7 Å². The van der Waals surface area contributed by atoms with Crippen molar-refractivity contribution in [3.05, 3.63) is 52.9 Å². The van der Waals surface area contributed by atoms with E-state index >= 15 is 0 Å². The molecule has 164 valence electrons. The van der Waals surface area contributed by atoms with E-state index in [1.165, 1.54) is 29.6 Å². The third kappa shape index (κ3) is 6.03. The van der Waals surface area contributed by atoms with Gasteiger partial charge in [-0.25, -0.2) is 18.2 Å². The molecule has 0 aliphatic carbocycles. The second kappa shape index (κ2) is 9.90. The Bertz CT molecular complexity index is 1140. The van der Waals surface area contributed by atoms with Crippen molar-refractivity contribution in [3.63, 3.8) is 0 Å². The first kappa shape index (κ1) is 22.7. The topological polar surface area (TPSA) is 115 Å². The maximum Gasteiger partial charge on any atom is 0.344 e. The van der Waals surface area contributed by atoms with Gasteiger partial charge < -0.3 is 14.8 Å². The highest BCUT2D eigenvalue weighted by molar-refractivity contribution is 7.94. The van der Waals surface area contributed by atoms with Crippen LogP contribution < -0.4 is 14.4 Å². The Morgan fingerprint density at radius 2 is 1.90 bits per heavy atom. The van der Waals surface area contributed by atoms with E-state index < -0.39 is 16.0 Å². The van der Waals surface area contributed by atoms with Gasteiger partial charge in [-0.05, 0) is 35.7 Å². The van der Waals surface area contributed by atoms with E-state index in [9.17, 15) is 18.0 Å². The van der Waals surface area contributed by atoms with Crippen molar-refractivity contribution in [2.24, 2.45) is 0 Å². The zero-order valence-corrected chi connectivity index (χ0v) is 19.1. The number of benzene rings is 1. The van der Waals surface area contributed by atoms with Crippen LogP contribution in [0.3, 0.4) is 0 Å². The molecule has 1 amide bonds. The Morgan fingerprint density at radius 1 is 1.16 bits per heavy atom. The molecule has 31 heavy (non-hydrogen) atoms. The highest BCUT2D eigenvalue weighted by atomic mass is 32.2. The fraction of sp³-hybridized carbons (Fsp3) is 0.211. The van der Waals surface area contributed by atoms with Crippen molar-refractivity contribution in [2.45, 2.75) is 17.7 Å². The minimum absolute atomic E-state index is 0.0391. The molecule has 0 saturated heterocycles. The maximum absolute atomic E-state index is 12.6. The zero-order chi connectivity index (χ0) is 22.4. The van der Waals surface area contributed by atoms with Crippen LogP contribution in [0, 0.1) is 0 Å². The molecule has 0 atom stereocenters. The van der Waals surface area contributed by atoms with Crippen LogP contribution >= 0.6 is 22.7 Å². The van der Waals surface area contributed by atoms with Crippen LogP contribution in [0.15, 0.2) is 51.4 Å². The predicted molar refractivity (Wildman–Crippen MR) is 118 cm³/mol. The van der Waals surface area contributed by atoms with Gasteiger partial charge in [0.15, 0.2) is 11.7 Å². The van der Waals surface area contributed by atoms with Gasteiger partial charge in [0.25, 0.3) is 10.0 Å². The molecule has 0 radical (unpaired) electrons. The lowest BCUT2D eigenvalue weighted by molar-refractivity contribution is -0.147. The summed E-state index contributed by atoms with van der Waals surface area (Å²) < 4.78 is 37.0. The number of carbonyl (C=O) groups is 2. The molecule has 0 aliphatic heterocycles. The highest BCUT2D eigenvalue weighted by Crippen LogP contribution is 2.26. The molecular weight excluding hydrogens is 462 g/mol. The third-order valence-corrected chi connectivity index (χ3v) is 7.85. The Hall–Kier alpha value is -2.96. The van der Waals surface area contributed by atoms with E-state index in [0.717, 1.165) is 11.3 Å². The van der Waals surface area contributed by atoms with E-state index in [4.69, 9.17) is 9.47 Å². The quantitative estimate of drug-likeness (QED) is 0.467. The van der Waals surface area contributed by atoms with Gasteiger partial charge in [0, 0.05) is 19.4 Å². The number of sulfonamides is 1. The van der Waals surface area contributed by atoms with Crippen LogP contribution in [0.1, 0.15) is 12.6 Å². The minimum Gasteiger partial charge on any atom is -0.482 e. The van der Waals surface area contributed by atoms with Crippen molar-refractivity contribution >= 4 is 55.4 Å². The van der Waals surface area contributed by atoms with Gasteiger partial charge in [-0.2, -0.15) is 0 Å². The molecule has 0 saturated carbocycles. The lowest BCUT2D eigenvalue weighted by atomic mass is 10.3. The number of carbonyl (C=O) groups excluding carboxylic acids is 2. The number of rotatable bonds is 9. The molecule has 3 aromatic rings. The number of amides is 1. The maximum atomic E-state index is 12.6. The average Bonchev–Trinajstić information content (AvgIpc) is 3.43. The summed E-state index contributed by atoms with van der Waals surface area (Å²) in [6.07, 6.45) is 0. The summed E-state index contributed by atoms with van der Waals surface area (Å²) in [5.41, 5.74) is 0.975. The lowest BCUT2D eigenvalue weighted by Gasteiger charge is -2.18. The molecule has 0 unspecified atom stereocenters. The summed E-state index contributed by atoms with van der Waals surface area (Å²) in [5.74, 6) is -0.424. The van der Waals surface area contributed by atoms with Gasteiger partial charge >= 0.3 is 5.97 Å². The summed E-state index contributed by atoms with van der Waals surface area (Å²) in [4.78, 5) is 27.0. The number of nitrogens with one attached hydrogen (secondary N) is 1. The smallest absolute Gasteiger partial charge is 0.344 e. The molecule has 0 spiro atoms. The summed E-state index contributed by atoms with van der Waals surface area (Å²) in [6.45, 7) is 1.03. The van der Waals surface area contributed by atoms with Crippen molar-refractivity contribution in [3.8, 4) is 5.75 Å². The fourth-order valence-electron chi connectivity index (χ4n) is 2.36. The molecule has 3 rings (SSSR count). The molecule has 1 N–H and O–H groups in total. The summed E-state index contributed by atoms with van der Waals surface area (Å²) in [5, 5.41) is 6.36. The molecule has 0 aliphatic rings. The van der Waals surface area contributed by atoms with E-state index in [1.54, 1.807) is 47.2 Å². The first-order valence-electron chi connectivity index (χ1n) is 8.88. The Morgan fingerprint density at radius 3 is 2.55 bits per heavy atom. The second-order valence-corrected chi connectivity index (χ2v) is 10.2. The standard InChI is InChI=1S/C19H19N3O6S3/c1-13(23)20-19-21-14(12-30-19)10-28-17(24)11-27-16-7-5-15(6-8-16)22(2)31(25,26)18-4-3-9-29-18/h3-9,12H,10-11H2,1-2H3,(H,20,21,23). The van der Waals surface area contributed by atoms with E-state index in [0.29, 0.717) is 22.3 Å². The van der Waals surface area contributed by atoms with E-state index in [-0.39, 0.29) is 23.3 Å². The van der Waals surface area contributed by atoms with Crippen LogP contribution in [0.5, 0.6) is 5.75 Å². The number of esters is 1. The van der Waals surface area contributed by atoms with E-state index in [2.05, 4.69) is 10.3 Å². The van der Waals surface area contributed by atoms with Crippen LogP contribution in [-0.2, 0) is 31.0 Å². The summed E-state index contributed by atoms with van der Waals surface area (Å²) in [6, 6.07) is 9.55. The second-order valence-electron chi connectivity index (χ2n) is 6.17. The predicted octanol–water partition coefficient (Wildman–Crippen LogP) is 3.11. The molecule has 1 aromatic carbocycles. The fourth-order valence-corrected chi connectivity index (χ4v) is 5.45. The Labute approximate surface area is 187 Å². The Balaban J connectivity index is 1.49. The molecule has 0 fully saturated rings. The highest BCUT2D eigenvalue weighted by Gasteiger charge is 2.22. The van der Waals surface area contributed by atoms with Gasteiger partial charge in [-0.3, -0.25) is 9.10 Å². The number of thiophene rings is 1. The van der Waals surface area contributed by atoms with Crippen LogP contribution in [0.4, 0.5) is 10.8 Å². The lowest BCUT2D eigenvalue weighted by Crippen LogP contribution is -2.25. The molecule has 2 aromatic heterocycles. The largest absolute Gasteiger partial charge is 0.482 e. The van der Waals surface area contributed by atoms with Crippen molar-refractivity contribution in [2.75, 3.05) is 23.3 Å². The average molecular weight is 482 g/mol. The molecular formula is C19H19N3O6S3. The normalized spacial score (nSPS) is 11.0. The van der Waals surface area contributed by atoms with Crippen LogP contribution in [-0.4, -0.2) is 38.9 Å². The molecule has 0 bridgehead atoms. The monoisotopic (exact) mass is 481 g/mol. The van der Waals surface area contributed by atoms with Crippen molar-refractivity contribution < 1.29 is 27.5 Å². The molecule has 12 heteroatoms. The van der Waals surface area contributed by atoms with Crippen LogP contribution in [0.2, 0.25) is 0 Å². The number of aromatic nitrogens is 1. The van der Waals surface area contributed by atoms with Gasteiger partial charge in [0.2, 0.25) is 5.91 Å². The number of thiazole rings is 1. The minimum atomic E-state index is -3.62. The summed E-state index contributed by atoms with van der Waals surface area (Å²) >= 11 is 2.38. The SMILES string of the molecule is CC(=O)Nc1nc(COC(=O)COc2ccc(N(C)S(=O)(=O)c3cccs3)cc2)cs1. The zero-order valence-electron chi connectivity index (χ0n) is 16.6. The van der Waals surface area contributed by atoms with Gasteiger partial charge in [0.05, 0.1) is 11.4 Å². The summed E-state index contributed by atoms with van der Waals surface area (Å²) in [7, 11) is -2.15. The third-order valence-electron chi connectivity index (χ3n) is 3.88. The van der Waals surface area contributed by atoms with Crippen molar-refractivity contribution in [1.82, 2.24) is 4.98 Å². The first-order valence-corrected chi connectivity index (χ1v) is 12.1. The Kier molecular flexibility index (Phi) is 7.25. The number of hydrogen-bond donors (Lipinski definition) is 1. The number of hydrogen-bond acceptors (Lipinski definition) is 9. The number of ether oxygens (including phenoxy) is 2. The van der Waals surface area contributed by atoms with Gasteiger partial charge in [-0.1, -0.05) is 6.07 Å². The number of nitrogens with zero attached hydrogens (tertiary/aromatic N) is 2. The van der Waals surface area contributed by atoms with Crippen molar-refractivity contribution in [1.29, 1.82) is 0 Å².